The number of benzene rings is 2. The molecular formula is C21H23FN2O5. The lowest BCUT2D eigenvalue weighted by molar-refractivity contribution is -0.0968. The topological polar surface area (TPSA) is 86.8 Å². The Labute approximate surface area is 168 Å². The maximum atomic E-state index is 14.5. The van der Waals surface area contributed by atoms with E-state index >= 15 is 0 Å². The second-order valence-electron chi connectivity index (χ2n) is 6.71. The molecule has 1 atom stereocenters. The van der Waals surface area contributed by atoms with Crippen molar-refractivity contribution in [3.05, 3.63) is 47.8 Å². The highest BCUT2D eigenvalue weighted by Gasteiger charge is 2.16. The van der Waals surface area contributed by atoms with Gasteiger partial charge >= 0.3 is 0 Å². The molecule has 0 aliphatic heterocycles. The molecule has 1 unspecified atom stereocenters. The van der Waals surface area contributed by atoms with Gasteiger partial charge in [-0.2, -0.15) is 4.98 Å². The van der Waals surface area contributed by atoms with Crippen molar-refractivity contribution >= 4 is 0 Å². The van der Waals surface area contributed by atoms with Crippen molar-refractivity contribution in [3.8, 4) is 34.3 Å². The van der Waals surface area contributed by atoms with Gasteiger partial charge in [0.2, 0.25) is 5.82 Å². The molecule has 0 aliphatic carbocycles. The summed E-state index contributed by atoms with van der Waals surface area (Å²) in [5.41, 5.74) is 1.82. The Kier molecular flexibility index (Phi) is 6.46. The Bertz CT molecular complexity index is 973. The number of aryl methyl sites for hydroxylation is 1. The molecule has 0 fully saturated rings. The fraction of sp³-hybridized carbons (Fsp3) is 0.333. The van der Waals surface area contributed by atoms with Gasteiger partial charge in [-0.05, 0) is 56.7 Å². The number of methoxy groups -OCH3 is 1. The van der Waals surface area contributed by atoms with E-state index in [1.54, 1.807) is 6.07 Å². The van der Waals surface area contributed by atoms with Gasteiger partial charge in [0, 0.05) is 18.7 Å². The lowest BCUT2D eigenvalue weighted by Crippen LogP contribution is -2.19. The van der Waals surface area contributed by atoms with Gasteiger partial charge in [-0.25, -0.2) is 4.39 Å². The average molecular weight is 402 g/mol. The molecule has 0 aliphatic rings. The van der Waals surface area contributed by atoms with Crippen LogP contribution in [-0.2, 0) is 4.74 Å². The van der Waals surface area contributed by atoms with E-state index < -0.39 is 12.1 Å². The van der Waals surface area contributed by atoms with Crippen LogP contribution in [-0.4, -0.2) is 41.4 Å². The molecule has 1 aromatic heterocycles. The molecule has 0 amide bonds. The molecule has 29 heavy (non-hydrogen) atoms. The minimum atomic E-state index is -1.08. The molecule has 3 rings (SSSR count). The van der Waals surface area contributed by atoms with Crippen molar-refractivity contribution < 1.29 is 28.2 Å². The highest BCUT2D eigenvalue weighted by molar-refractivity contribution is 5.62. The molecule has 2 aromatic carbocycles. The Morgan fingerprint density at radius 1 is 1.17 bits per heavy atom. The third-order valence-corrected chi connectivity index (χ3v) is 4.06. The van der Waals surface area contributed by atoms with Crippen LogP contribution in [0.4, 0.5) is 4.39 Å². The van der Waals surface area contributed by atoms with Crippen molar-refractivity contribution in [2.75, 3.05) is 13.7 Å². The minimum absolute atomic E-state index is 0.0715. The first-order valence-corrected chi connectivity index (χ1v) is 9.12. The molecule has 0 bridgehead atoms. The number of hydrogen-bond acceptors (Lipinski definition) is 7. The molecular weight excluding hydrogens is 379 g/mol. The van der Waals surface area contributed by atoms with Crippen molar-refractivity contribution in [3.63, 3.8) is 0 Å². The van der Waals surface area contributed by atoms with E-state index in [2.05, 4.69) is 14.9 Å². The van der Waals surface area contributed by atoms with Crippen LogP contribution in [0.25, 0.3) is 22.8 Å². The first-order valence-electron chi connectivity index (χ1n) is 9.12. The summed E-state index contributed by atoms with van der Waals surface area (Å²) in [4.78, 5) is 4.30. The van der Waals surface area contributed by atoms with Gasteiger partial charge in [0.25, 0.3) is 5.89 Å². The number of aromatic nitrogens is 2. The zero-order valence-electron chi connectivity index (χ0n) is 16.7. The van der Waals surface area contributed by atoms with Gasteiger partial charge in [0.05, 0.1) is 11.7 Å². The second kappa shape index (κ2) is 9.02. The first-order chi connectivity index (χ1) is 13.9. The summed E-state index contributed by atoms with van der Waals surface area (Å²) in [7, 11) is 1.35. The van der Waals surface area contributed by atoms with Gasteiger partial charge in [-0.15, -0.1) is 0 Å². The predicted octanol–water partition coefficient (Wildman–Crippen LogP) is 3.98. The van der Waals surface area contributed by atoms with E-state index in [0.29, 0.717) is 5.56 Å². The van der Waals surface area contributed by atoms with Crippen LogP contribution in [0.2, 0.25) is 0 Å². The van der Waals surface area contributed by atoms with E-state index in [1.165, 1.54) is 19.2 Å². The second-order valence-corrected chi connectivity index (χ2v) is 6.71. The largest absolute Gasteiger partial charge is 0.491 e. The zero-order valence-corrected chi connectivity index (χ0v) is 16.7. The third-order valence-electron chi connectivity index (χ3n) is 4.06. The number of hydrogen-bond donors (Lipinski definition) is 1. The van der Waals surface area contributed by atoms with Gasteiger partial charge < -0.3 is 23.8 Å². The Balaban J connectivity index is 1.78. The van der Waals surface area contributed by atoms with E-state index in [9.17, 15) is 9.50 Å². The zero-order chi connectivity index (χ0) is 21.0. The summed E-state index contributed by atoms with van der Waals surface area (Å²) in [6.45, 7) is 5.74. The number of ether oxygens (including phenoxy) is 3. The summed E-state index contributed by atoms with van der Waals surface area (Å²) >= 11 is 0. The van der Waals surface area contributed by atoms with Crippen LogP contribution in [0.15, 0.2) is 40.9 Å². The van der Waals surface area contributed by atoms with Gasteiger partial charge in [-0.1, -0.05) is 5.16 Å². The molecule has 154 valence electrons. The highest BCUT2D eigenvalue weighted by atomic mass is 19.1. The molecule has 0 radical (unpaired) electrons. The monoisotopic (exact) mass is 402 g/mol. The van der Waals surface area contributed by atoms with Gasteiger partial charge in [0.15, 0.2) is 6.29 Å². The maximum absolute atomic E-state index is 14.5. The molecule has 3 aromatic rings. The van der Waals surface area contributed by atoms with Gasteiger partial charge in [-0.3, -0.25) is 0 Å². The fourth-order valence-corrected chi connectivity index (χ4v) is 2.62. The summed E-state index contributed by atoms with van der Waals surface area (Å²) < 4.78 is 35.5. The Morgan fingerprint density at radius 2 is 1.97 bits per heavy atom. The number of aliphatic hydroxyl groups excluding tert-OH is 1. The average Bonchev–Trinajstić information content (AvgIpc) is 3.17. The quantitative estimate of drug-likeness (QED) is 0.570. The standard InChI is InChI=1S/C21H23FN2O5/c1-12(2)28-18-8-5-14(9-13(18)3)21-23-20(24-29-21)16-7-6-15(10-17(16)22)27-11-19(25)26-4/h5-10,12,19,25H,11H2,1-4H3. The normalized spacial score (nSPS) is 12.2. The number of rotatable bonds is 8. The van der Waals surface area contributed by atoms with Crippen LogP contribution in [0.3, 0.4) is 0 Å². The number of nitrogens with zero attached hydrogens (tertiary/aromatic N) is 2. The smallest absolute Gasteiger partial charge is 0.258 e. The van der Waals surface area contributed by atoms with Crippen molar-refractivity contribution in [1.82, 2.24) is 10.1 Å². The van der Waals surface area contributed by atoms with E-state index in [4.69, 9.17) is 14.0 Å². The Morgan fingerprint density at radius 3 is 2.62 bits per heavy atom. The van der Waals surface area contributed by atoms with Crippen LogP contribution >= 0.6 is 0 Å². The summed E-state index contributed by atoms with van der Waals surface area (Å²) in [6, 6.07) is 9.77. The lowest BCUT2D eigenvalue weighted by atomic mass is 10.1. The third kappa shape index (κ3) is 5.10. The predicted molar refractivity (Wildman–Crippen MR) is 104 cm³/mol. The van der Waals surface area contributed by atoms with E-state index in [1.807, 2.05) is 39.0 Å². The SMILES string of the molecule is COC(O)COc1ccc(-c2noc(-c3ccc(OC(C)C)c(C)c3)n2)c(F)c1. The Hall–Kier alpha value is -2.97. The summed E-state index contributed by atoms with van der Waals surface area (Å²) in [6.07, 6.45) is -1.01. The van der Waals surface area contributed by atoms with Crippen LogP contribution in [0, 0.1) is 12.7 Å². The molecule has 8 heteroatoms. The van der Waals surface area contributed by atoms with Crippen LogP contribution in [0.5, 0.6) is 11.5 Å². The molecule has 0 saturated carbocycles. The molecule has 1 heterocycles. The van der Waals surface area contributed by atoms with Crippen LogP contribution in [0.1, 0.15) is 19.4 Å². The fourth-order valence-electron chi connectivity index (χ4n) is 2.62. The lowest BCUT2D eigenvalue weighted by Gasteiger charge is -2.12. The molecule has 7 nitrogen and oxygen atoms in total. The molecule has 0 saturated heterocycles. The van der Waals surface area contributed by atoms with Crippen molar-refractivity contribution in [2.45, 2.75) is 33.2 Å². The van der Waals surface area contributed by atoms with Crippen LogP contribution < -0.4 is 9.47 Å². The van der Waals surface area contributed by atoms with Crippen molar-refractivity contribution in [1.29, 1.82) is 0 Å². The first kappa shape index (κ1) is 20.8. The van der Waals surface area contributed by atoms with E-state index in [-0.39, 0.29) is 35.7 Å². The summed E-state index contributed by atoms with van der Waals surface area (Å²) in [5, 5.41) is 13.2. The molecule has 0 spiro atoms. The maximum Gasteiger partial charge on any atom is 0.258 e. The minimum Gasteiger partial charge on any atom is -0.491 e. The highest BCUT2D eigenvalue weighted by Crippen LogP contribution is 2.29. The van der Waals surface area contributed by atoms with E-state index in [0.717, 1.165) is 11.3 Å². The summed E-state index contributed by atoms with van der Waals surface area (Å²) in [5.74, 6) is 0.869. The van der Waals surface area contributed by atoms with Crippen molar-refractivity contribution in [2.24, 2.45) is 0 Å². The number of halogens is 1. The molecule has 1 N–H and O–H groups in total. The number of aliphatic hydroxyl groups is 1. The van der Waals surface area contributed by atoms with Gasteiger partial charge in [0.1, 0.15) is 23.9 Å².